The Morgan fingerprint density at radius 1 is 1.42 bits per heavy atom. The van der Waals surface area contributed by atoms with Crippen LogP contribution in [0.25, 0.3) is 0 Å². The Hall–Kier alpha value is -0.760. The lowest BCUT2D eigenvalue weighted by atomic mass is 9.79. The minimum Gasteiger partial charge on any atom is -0.402 e. The average Bonchev–Trinajstić information content (AvgIpc) is 2.91. The molecule has 3 atom stereocenters. The second-order valence-electron chi connectivity index (χ2n) is 6.95. The lowest BCUT2D eigenvalue weighted by Crippen LogP contribution is -2.29. The summed E-state index contributed by atoms with van der Waals surface area (Å²) in [4.78, 5) is 2.32. The molecule has 0 aromatic rings. The van der Waals surface area contributed by atoms with Crippen LogP contribution in [0.3, 0.4) is 0 Å². The number of hydrogen-bond acceptors (Lipinski definition) is 2. The zero-order valence-corrected chi connectivity index (χ0v) is 13.7. The molecule has 2 heteroatoms. The number of hydrogen-bond donors (Lipinski definition) is 1. The molecule has 0 amide bonds. The Balaban J connectivity index is 2.64. The average molecular weight is 264 g/mol. The first kappa shape index (κ1) is 16.3. The summed E-state index contributed by atoms with van der Waals surface area (Å²) >= 11 is 0. The van der Waals surface area contributed by atoms with Crippen molar-refractivity contribution >= 4 is 0 Å². The lowest BCUT2D eigenvalue weighted by Gasteiger charge is -2.30. The number of nitrogens with two attached hydrogens (primary N) is 1. The van der Waals surface area contributed by atoms with E-state index >= 15 is 0 Å². The van der Waals surface area contributed by atoms with Crippen molar-refractivity contribution in [3.8, 4) is 0 Å². The molecule has 1 unspecified atom stereocenters. The maximum atomic E-state index is 5.64. The fourth-order valence-electron chi connectivity index (χ4n) is 3.87. The highest BCUT2D eigenvalue weighted by Gasteiger charge is 2.63. The maximum absolute atomic E-state index is 5.64. The molecule has 0 aromatic heterocycles. The first-order chi connectivity index (χ1) is 8.77. The summed E-state index contributed by atoms with van der Waals surface area (Å²) in [6.45, 7) is 10.3. The van der Waals surface area contributed by atoms with Crippen molar-refractivity contribution in [3.05, 3.63) is 23.9 Å². The predicted octanol–water partition coefficient (Wildman–Crippen LogP) is 3.80. The molecule has 1 fully saturated rings. The molecule has 0 bridgehead atoms. The van der Waals surface area contributed by atoms with Crippen LogP contribution in [0, 0.1) is 16.7 Å². The van der Waals surface area contributed by atoms with Gasteiger partial charge in [0.15, 0.2) is 0 Å². The first-order valence-electron chi connectivity index (χ1n) is 7.51. The molecule has 2 N–H and O–H groups in total. The fourth-order valence-corrected chi connectivity index (χ4v) is 3.87. The normalized spacial score (nSPS) is 33.1. The fraction of sp³-hybridized carbons (Fsp3) is 0.765. The minimum absolute atomic E-state index is 0.476. The van der Waals surface area contributed by atoms with Gasteiger partial charge in [0, 0.05) is 12.2 Å². The highest BCUT2D eigenvalue weighted by atomic mass is 15.1. The Kier molecular flexibility index (Phi) is 5.26. The quantitative estimate of drug-likeness (QED) is 0.709. The molecule has 19 heavy (non-hydrogen) atoms. The minimum atomic E-state index is 0.476. The van der Waals surface area contributed by atoms with Gasteiger partial charge in [-0.15, -0.1) is 0 Å². The number of rotatable bonds is 7. The van der Waals surface area contributed by atoms with Crippen molar-refractivity contribution in [1.82, 2.24) is 4.90 Å². The van der Waals surface area contributed by atoms with E-state index in [4.69, 9.17) is 5.73 Å². The van der Waals surface area contributed by atoms with E-state index < -0.39 is 0 Å². The third kappa shape index (κ3) is 3.62. The van der Waals surface area contributed by atoms with Gasteiger partial charge in [-0.25, -0.2) is 0 Å². The van der Waals surface area contributed by atoms with E-state index in [1.54, 1.807) is 0 Å². The van der Waals surface area contributed by atoms with Crippen molar-refractivity contribution in [1.29, 1.82) is 0 Å². The third-order valence-electron chi connectivity index (χ3n) is 5.06. The van der Waals surface area contributed by atoms with Crippen LogP contribution >= 0.6 is 0 Å². The first-order valence-corrected chi connectivity index (χ1v) is 7.51. The molecule has 1 aliphatic rings. The van der Waals surface area contributed by atoms with Crippen LogP contribution in [0.4, 0.5) is 0 Å². The van der Waals surface area contributed by atoms with Crippen LogP contribution in [0.5, 0.6) is 0 Å². The second kappa shape index (κ2) is 6.13. The molecule has 110 valence electrons. The van der Waals surface area contributed by atoms with Crippen LogP contribution < -0.4 is 5.73 Å². The highest BCUT2D eigenvalue weighted by Crippen LogP contribution is 2.71. The van der Waals surface area contributed by atoms with Crippen LogP contribution in [-0.2, 0) is 0 Å². The standard InChI is InChI=1S/C17H32N2/c1-7-17(14(2)12-19(5)6)13-16(17,4)11-9-8-10-15(3)18/h8-10,14H,7,11-13,18H2,1-6H3/b9-8-,15-10+/t14-,16+,17?/m0/s1. The van der Waals surface area contributed by atoms with Gasteiger partial charge in [0.1, 0.15) is 0 Å². The summed E-state index contributed by atoms with van der Waals surface area (Å²) in [5.41, 5.74) is 7.53. The number of allylic oxidation sites excluding steroid dienone is 4. The summed E-state index contributed by atoms with van der Waals surface area (Å²) in [6, 6.07) is 0. The maximum Gasteiger partial charge on any atom is 0.00487 e. The van der Waals surface area contributed by atoms with E-state index in [1.807, 2.05) is 13.0 Å². The summed E-state index contributed by atoms with van der Waals surface area (Å²) in [5, 5.41) is 0. The van der Waals surface area contributed by atoms with Crippen molar-refractivity contribution in [2.24, 2.45) is 22.5 Å². The van der Waals surface area contributed by atoms with Crippen LogP contribution in [-0.4, -0.2) is 25.5 Å². The van der Waals surface area contributed by atoms with E-state index in [0.29, 0.717) is 10.8 Å². The molecule has 1 aliphatic carbocycles. The van der Waals surface area contributed by atoms with Gasteiger partial charge in [0.25, 0.3) is 0 Å². The molecular formula is C17H32N2. The van der Waals surface area contributed by atoms with Gasteiger partial charge >= 0.3 is 0 Å². The molecule has 0 spiro atoms. The van der Waals surface area contributed by atoms with Gasteiger partial charge in [-0.1, -0.05) is 32.9 Å². The van der Waals surface area contributed by atoms with Crippen molar-refractivity contribution in [2.45, 2.75) is 47.0 Å². The van der Waals surface area contributed by atoms with Crippen molar-refractivity contribution in [3.63, 3.8) is 0 Å². The van der Waals surface area contributed by atoms with Gasteiger partial charge in [-0.2, -0.15) is 0 Å². The van der Waals surface area contributed by atoms with Gasteiger partial charge < -0.3 is 10.6 Å². The monoisotopic (exact) mass is 264 g/mol. The molecule has 0 saturated heterocycles. The molecule has 0 radical (unpaired) electrons. The zero-order chi connectivity index (χ0) is 14.7. The summed E-state index contributed by atoms with van der Waals surface area (Å²) in [7, 11) is 4.35. The topological polar surface area (TPSA) is 29.3 Å². The SMILES string of the molecule is CCC1([C@@H](C)CN(C)C)C[C@@]1(C)C/C=C\C=C(/C)N. The molecule has 1 rings (SSSR count). The molecule has 0 heterocycles. The molecule has 0 aromatic carbocycles. The lowest BCUT2D eigenvalue weighted by molar-refractivity contribution is 0.192. The second-order valence-corrected chi connectivity index (χ2v) is 6.95. The van der Waals surface area contributed by atoms with E-state index in [9.17, 15) is 0 Å². The molecular weight excluding hydrogens is 232 g/mol. The van der Waals surface area contributed by atoms with Gasteiger partial charge in [-0.05, 0) is 63.1 Å². The van der Waals surface area contributed by atoms with Crippen molar-refractivity contribution < 1.29 is 0 Å². The Morgan fingerprint density at radius 3 is 2.53 bits per heavy atom. The van der Waals surface area contributed by atoms with Crippen LogP contribution in [0.2, 0.25) is 0 Å². The Bertz CT molecular complexity index is 352. The Morgan fingerprint density at radius 2 is 2.05 bits per heavy atom. The summed E-state index contributed by atoms with van der Waals surface area (Å²) < 4.78 is 0. The van der Waals surface area contributed by atoms with E-state index in [1.165, 1.54) is 25.8 Å². The number of nitrogens with zero attached hydrogens (tertiary/aromatic N) is 1. The summed E-state index contributed by atoms with van der Waals surface area (Å²) in [5.74, 6) is 0.762. The highest BCUT2D eigenvalue weighted by molar-refractivity contribution is 5.17. The molecule has 2 nitrogen and oxygen atoms in total. The van der Waals surface area contributed by atoms with Crippen LogP contribution in [0.15, 0.2) is 23.9 Å². The largest absolute Gasteiger partial charge is 0.402 e. The summed E-state index contributed by atoms with van der Waals surface area (Å²) in [6.07, 6.45) is 10.2. The van der Waals surface area contributed by atoms with Gasteiger partial charge in [-0.3, -0.25) is 0 Å². The predicted molar refractivity (Wildman–Crippen MR) is 84.9 cm³/mol. The van der Waals surface area contributed by atoms with Crippen LogP contribution in [0.1, 0.15) is 47.0 Å². The van der Waals surface area contributed by atoms with Crippen molar-refractivity contribution in [2.75, 3.05) is 20.6 Å². The van der Waals surface area contributed by atoms with Gasteiger partial charge in [0.05, 0.1) is 0 Å². The smallest absolute Gasteiger partial charge is 0.00487 e. The van der Waals surface area contributed by atoms with E-state index in [2.05, 4.69) is 51.9 Å². The zero-order valence-electron chi connectivity index (χ0n) is 13.7. The van der Waals surface area contributed by atoms with E-state index in [-0.39, 0.29) is 0 Å². The third-order valence-corrected chi connectivity index (χ3v) is 5.06. The van der Waals surface area contributed by atoms with E-state index in [0.717, 1.165) is 11.6 Å². The van der Waals surface area contributed by atoms with Gasteiger partial charge in [0.2, 0.25) is 0 Å². The Labute approximate surface area is 119 Å². The molecule has 1 saturated carbocycles. The molecule has 0 aliphatic heterocycles.